The van der Waals surface area contributed by atoms with Gasteiger partial charge in [0.05, 0.1) is 23.8 Å². The molecule has 0 aliphatic carbocycles. The molecule has 2 aromatic rings. The number of thioether (sulfide) groups is 1. The molecule has 3 unspecified atom stereocenters. The van der Waals surface area contributed by atoms with Crippen LogP contribution in [0, 0.1) is 0 Å². The van der Waals surface area contributed by atoms with Crippen LogP contribution in [0.5, 0.6) is 0 Å². The average Bonchev–Trinajstić information content (AvgIpc) is 3.41. The summed E-state index contributed by atoms with van der Waals surface area (Å²) in [6, 6.07) is 1.67. The fourth-order valence-electron chi connectivity index (χ4n) is 3.08. The van der Waals surface area contributed by atoms with E-state index in [1.54, 1.807) is 17.6 Å². The highest BCUT2D eigenvalue weighted by Crippen LogP contribution is 2.33. The van der Waals surface area contributed by atoms with Gasteiger partial charge in [-0.2, -0.15) is 5.48 Å². The maximum Gasteiger partial charge on any atom is 0.169 e. The summed E-state index contributed by atoms with van der Waals surface area (Å²) < 4.78 is 12.4. The number of thiazole rings is 1. The van der Waals surface area contributed by atoms with Crippen LogP contribution in [0.4, 0.5) is 0 Å². The Hall–Kier alpha value is -1.48. The second-order valence-corrected chi connectivity index (χ2v) is 10.1. The van der Waals surface area contributed by atoms with Crippen molar-refractivity contribution in [1.29, 1.82) is 0 Å². The number of pyridine rings is 1. The van der Waals surface area contributed by atoms with Gasteiger partial charge in [-0.05, 0) is 19.9 Å². The lowest BCUT2D eigenvalue weighted by molar-refractivity contribution is -0.0811. The molecule has 0 spiro atoms. The number of hydrogen-bond donors (Lipinski definition) is 3. The standard InChI is InChI=1S/C20H26Cl2N6O4S2/c1-3-30-16(8-28(24)7-13(23)19-27-18(22)10-33-19)20(31-15-6-26-32-11(15)2)34-17-4-12(21)5-25-14(17)9-29/h4-5,7,9-11,15-16,20,26H,3,6,8,23-24H2,1-2H3/b13-7-/t11?,15?,16-,20?/m0/s1. The Morgan fingerprint density at radius 3 is 2.94 bits per heavy atom. The predicted octanol–water partition coefficient (Wildman–Crippen LogP) is 2.92. The molecule has 0 bridgehead atoms. The number of aldehydes is 1. The van der Waals surface area contributed by atoms with Crippen LogP contribution in [0.15, 0.2) is 28.7 Å². The first kappa shape index (κ1) is 27.1. The molecule has 3 rings (SSSR count). The number of carbonyl (C=O) groups is 1. The number of nitrogens with one attached hydrogen (secondary N) is 1. The van der Waals surface area contributed by atoms with Crippen molar-refractivity contribution in [3.8, 4) is 0 Å². The monoisotopic (exact) mass is 548 g/mol. The maximum absolute atomic E-state index is 11.6. The summed E-state index contributed by atoms with van der Waals surface area (Å²) in [6.07, 6.45) is 2.69. The van der Waals surface area contributed by atoms with Crippen molar-refractivity contribution in [3.05, 3.63) is 44.7 Å². The van der Waals surface area contributed by atoms with E-state index in [-0.39, 0.29) is 24.4 Å². The number of aromatic nitrogens is 2. The van der Waals surface area contributed by atoms with E-state index in [0.717, 1.165) is 0 Å². The summed E-state index contributed by atoms with van der Waals surface area (Å²) in [5, 5.41) is 4.41. The van der Waals surface area contributed by atoms with Gasteiger partial charge in [0.1, 0.15) is 39.6 Å². The summed E-state index contributed by atoms with van der Waals surface area (Å²) in [5.41, 5.74) is 9.00. The van der Waals surface area contributed by atoms with Gasteiger partial charge in [-0.25, -0.2) is 10.8 Å². The fraction of sp³-hybridized carbons (Fsp3) is 0.450. The van der Waals surface area contributed by atoms with Gasteiger partial charge in [0.15, 0.2) is 6.29 Å². The first-order chi connectivity index (χ1) is 16.3. The molecule has 2 aromatic heterocycles. The van der Waals surface area contributed by atoms with Crippen LogP contribution in [0.2, 0.25) is 10.2 Å². The molecule has 14 heteroatoms. The van der Waals surface area contributed by atoms with E-state index in [4.69, 9.17) is 49.1 Å². The number of ether oxygens (including phenoxy) is 2. The third-order valence-electron chi connectivity index (χ3n) is 4.69. The van der Waals surface area contributed by atoms with Crippen molar-refractivity contribution < 1.29 is 19.1 Å². The Bertz CT molecular complexity index is 998. The predicted molar refractivity (Wildman–Crippen MR) is 133 cm³/mol. The van der Waals surface area contributed by atoms with Crippen molar-refractivity contribution in [3.63, 3.8) is 0 Å². The number of rotatable bonds is 12. The lowest BCUT2D eigenvalue weighted by Gasteiger charge is -2.32. The zero-order valence-corrected chi connectivity index (χ0v) is 21.7. The van der Waals surface area contributed by atoms with Crippen molar-refractivity contribution in [2.24, 2.45) is 11.6 Å². The van der Waals surface area contributed by atoms with Crippen LogP contribution in [-0.2, 0) is 14.3 Å². The van der Waals surface area contributed by atoms with Gasteiger partial charge in [-0.1, -0.05) is 35.0 Å². The molecule has 1 aliphatic heterocycles. The fourth-order valence-corrected chi connectivity index (χ4v) is 5.35. The highest BCUT2D eigenvalue weighted by molar-refractivity contribution is 8.00. The summed E-state index contributed by atoms with van der Waals surface area (Å²) in [4.78, 5) is 25.8. The smallest absolute Gasteiger partial charge is 0.169 e. The second kappa shape index (κ2) is 13.0. The largest absolute Gasteiger partial charge is 0.395 e. The van der Waals surface area contributed by atoms with E-state index >= 15 is 0 Å². The van der Waals surface area contributed by atoms with Gasteiger partial charge < -0.3 is 20.2 Å². The Morgan fingerprint density at radius 1 is 1.53 bits per heavy atom. The van der Waals surface area contributed by atoms with Crippen LogP contribution in [0.25, 0.3) is 5.70 Å². The van der Waals surface area contributed by atoms with E-state index in [1.807, 2.05) is 13.8 Å². The molecule has 1 aliphatic rings. The zero-order chi connectivity index (χ0) is 24.7. The Labute approximate surface area is 215 Å². The van der Waals surface area contributed by atoms with Gasteiger partial charge in [-0.3, -0.25) is 14.6 Å². The van der Waals surface area contributed by atoms with Crippen LogP contribution >= 0.6 is 46.3 Å². The Morgan fingerprint density at radius 2 is 2.32 bits per heavy atom. The summed E-state index contributed by atoms with van der Waals surface area (Å²) >= 11 is 14.6. The Kier molecular flexibility index (Phi) is 10.4. The number of hydroxylamine groups is 1. The molecule has 3 heterocycles. The summed E-state index contributed by atoms with van der Waals surface area (Å²) in [6.45, 7) is 4.90. The highest BCUT2D eigenvalue weighted by Gasteiger charge is 2.34. The molecular weight excluding hydrogens is 523 g/mol. The lowest BCUT2D eigenvalue weighted by Crippen LogP contribution is -2.44. The quantitative estimate of drug-likeness (QED) is 0.118. The first-order valence-electron chi connectivity index (χ1n) is 10.3. The number of hydrazine groups is 1. The third-order valence-corrected chi connectivity index (χ3v) is 7.34. The van der Waals surface area contributed by atoms with E-state index in [0.29, 0.717) is 45.2 Å². The van der Waals surface area contributed by atoms with Gasteiger partial charge in [0.25, 0.3) is 0 Å². The van der Waals surface area contributed by atoms with E-state index in [1.165, 1.54) is 34.3 Å². The van der Waals surface area contributed by atoms with E-state index < -0.39 is 11.5 Å². The zero-order valence-electron chi connectivity index (χ0n) is 18.5. The molecule has 10 nitrogen and oxygen atoms in total. The number of hydrogen-bond acceptors (Lipinski definition) is 12. The van der Waals surface area contributed by atoms with Crippen molar-refractivity contribution in [2.45, 2.75) is 42.5 Å². The van der Waals surface area contributed by atoms with Crippen LogP contribution in [0.3, 0.4) is 0 Å². The van der Waals surface area contributed by atoms with Gasteiger partial charge in [0, 0.05) is 29.3 Å². The Balaban J connectivity index is 1.84. The average molecular weight is 550 g/mol. The number of halogens is 2. The van der Waals surface area contributed by atoms with Crippen molar-refractivity contribution >= 4 is 58.3 Å². The SMILES string of the molecule is CCO[C@@H](CN(N)/C=C(\N)c1nc(Cl)cs1)C(OC1CNOC1C)Sc1cc(Cl)cnc1C=O. The number of nitrogens with zero attached hydrogens (tertiary/aromatic N) is 3. The van der Waals surface area contributed by atoms with Crippen molar-refractivity contribution in [1.82, 2.24) is 20.5 Å². The van der Waals surface area contributed by atoms with E-state index in [2.05, 4.69) is 15.4 Å². The second-order valence-electron chi connectivity index (χ2n) is 7.24. The molecule has 5 N–H and O–H groups in total. The number of carbonyl (C=O) groups excluding carboxylic acids is 1. The first-order valence-corrected chi connectivity index (χ1v) is 12.8. The molecule has 34 heavy (non-hydrogen) atoms. The van der Waals surface area contributed by atoms with Crippen LogP contribution < -0.4 is 17.1 Å². The van der Waals surface area contributed by atoms with Crippen LogP contribution in [0.1, 0.15) is 29.3 Å². The molecule has 0 radical (unpaired) electrons. The summed E-state index contributed by atoms with van der Waals surface area (Å²) in [7, 11) is 0. The molecule has 1 fully saturated rings. The molecule has 0 aromatic carbocycles. The number of nitrogens with two attached hydrogens (primary N) is 2. The molecule has 1 saturated heterocycles. The lowest BCUT2D eigenvalue weighted by atomic mass is 10.2. The topological polar surface area (TPSA) is 138 Å². The minimum absolute atomic E-state index is 0.187. The maximum atomic E-state index is 11.6. The van der Waals surface area contributed by atoms with Gasteiger partial charge in [-0.15, -0.1) is 11.3 Å². The molecule has 0 saturated carbocycles. The highest BCUT2D eigenvalue weighted by atomic mass is 35.5. The van der Waals surface area contributed by atoms with Crippen LogP contribution in [-0.4, -0.2) is 64.7 Å². The summed E-state index contributed by atoms with van der Waals surface area (Å²) in [5.74, 6) is 6.25. The van der Waals surface area contributed by atoms with E-state index in [9.17, 15) is 4.79 Å². The van der Waals surface area contributed by atoms with Crippen molar-refractivity contribution in [2.75, 3.05) is 19.7 Å². The third kappa shape index (κ3) is 7.51. The minimum atomic E-state index is -0.579. The molecule has 4 atom stereocenters. The minimum Gasteiger partial charge on any atom is -0.395 e. The molecular formula is C20H26Cl2N6O4S2. The normalized spacial score (nSPS) is 20.3. The van der Waals surface area contributed by atoms with Gasteiger partial charge >= 0.3 is 0 Å². The molecule has 0 amide bonds. The molecule has 186 valence electrons. The van der Waals surface area contributed by atoms with Gasteiger partial charge in [0.2, 0.25) is 0 Å².